The quantitative estimate of drug-likeness (QED) is 0.189. The fraction of sp³-hybridized carbons (Fsp3) is 0.279. The molecule has 5 aromatic rings. The van der Waals surface area contributed by atoms with E-state index in [1.165, 1.54) is 71.3 Å². The molecule has 2 aliphatic rings. The summed E-state index contributed by atoms with van der Waals surface area (Å²) in [6.45, 7) is 11.8. The van der Waals surface area contributed by atoms with Crippen molar-refractivity contribution < 1.29 is 9.48 Å². The Bertz CT molecular complexity index is 2050. The lowest BCUT2D eigenvalue weighted by molar-refractivity contribution is -0.828. The van der Waals surface area contributed by atoms with Crippen molar-refractivity contribution in [3.8, 4) is 0 Å². The van der Waals surface area contributed by atoms with Crippen LogP contribution in [0.3, 0.4) is 0 Å². The van der Waals surface area contributed by atoms with Gasteiger partial charge in [0.15, 0.2) is 5.71 Å². The zero-order valence-corrected chi connectivity index (χ0v) is 27.9. The Morgan fingerprint density at radius 3 is 2.04 bits per heavy atom. The van der Waals surface area contributed by atoms with Crippen LogP contribution in [-0.2, 0) is 17.3 Å². The molecule has 2 nitrogen and oxygen atoms in total. The predicted octanol–water partition coefficient (Wildman–Crippen LogP) is 9.18. The molecule has 0 fully saturated rings. The lowest BCUT2D eigenvalue weighted by Crippen LogP contribution is -3.07. The number of allylic oxidation sites excluding steroid dienone is 1. The van der Waals surface area contributed by atoms with Crippen molar-refractivity contribution in [1.82, 2.24) is 0 Å². The van der Waals surface area contributed by atoms with E-state index in [4.69, 9.17) is 0 Å². The lowest BCUT2D eigenvalue weighted by Gasteiger charge is -2.25. The summed E-state index contributed by atoms with van der Waals surface area (Å²) in [5.74, 6) is 0. The maximum absolute atomic E-state index is 2.47. The summed E-state index contributed by atoms with van der Waals surface area (Å²) < 4.78 is 2.39. The van der Waals surface area contributed by atoms with Crippen molar-refractivity contribution in [3.63, 3.8) is 0 Å². The Hall–Kier alpha value is -4.27. The first-order valence-corrected chi connectivity index (χ1v) is 16.6. The van der Waals surface area contributed by atoms with E-state index in [-0.39, 0.29) is 10.8 Å². The van der Waals surface area contributed by atoms with Gasteiger partial charge in [-0.3, -0.25) is 4.90 Å². The average molecular weight is 591 g/mol. The van der Waals surface area contributed by atoms with Crippen LogP contribution >= 0.6 is 0 Å². The van der Waals surface area contributed by atoms with Gasteiger partial charge in [-0.2, -0.15) is 4.58 Å². The van der Waals surface area contributed by atoms with Gasteiger partial charge in [0, 0.05) is 23.3 Å². The third kappa shape index (κ3) is 4.78. The number of aryl methyl sites for hydroxylation is 1. The van der Waals surface area contributed by atoms with Gasteiger partial charge in [-0.1, -0.05) is 80.1 Å². The second-order valence-corrected chi connectivity index (χ2v) is 14.3. The molecule has 2 atom stereocenters. The van der Waals surface area contributed by atoms with E-state index in [2.05, 4.69) is 169 Å². The van der Waals surface area contributed by atoms with Crippen LogP contribution in [0.4, 0.5) is 11.4 Å². The van der Waals surface area contributed by atoms with Crippen molar-refractivity contribution in [2.45, 2.75) is 64.3 Å². The zero-order valence-electron chi connectivity index (χ0n) is 27.9. The first-order chi connectivity index (χ1) is 21.6. The standard InChI is InChI=1S/C43H45N2/c1-8-13-29-26-30(18-24-38-42(2,3)40-34-16-11-9-14-32(34)20-22-36(40)44(38)6)28-31(27-29)19-25-39-43(4,5)41-35-17-12-10-15-33(35)21-23-37(41)45(39)7/h9-12,14-28,38H,8,13H2,1-7H3/q+1/p+1/b24-18+,25-19+. The molecular weight excluding hydrogens is 544 g/mol. The Labute approximate surface area is 269 Å². The van der Waals surface area contributed by atoms with E-state index >= 15 is 0 Å². The normalized spacial score (nSPS) is 20.2. The van der Waals surface area contributed by atoms with Crippen molar-refractivity contribution in [3.05, 3.63) is 131 Å². The highest BCUT2D eigenvalue weighted by Gasteiger charge is 2.47. The van der Waals surface area contributed by atoms with Crippen LogP contribution in [0, 0.1) is 0 Å². The highest BCUT2D eigenvalue weighted by molar-refractivity contribution is 6.09. The van der Waals surface area contributed by atoms with Gasteiger partial charge in [-0.05, 0) is 109 Å². The molecule has 2 aliphatic heterocycles. The summed E-state index contributed by atoms with van der Waals surface area (Å²) in [6.07, 6.45) is 11.7. The first-order valence-electron chi connectivity index (χ1n) is 16.6. The van der Waals surface area contributed by atoms with Crippen molar-refractivity contribution in [1.29, 1.82) is 0 Å². The molecule has 2 heterocycles. The van der Waals surface area contributed by atoms with Crippen LogP contribution in [-0.4, -0.2) is 30.4 Å². The summed E-state index contributed by atoms with van der Waals surface area (Å²) in [7, 11) is 4.55. The van der Waals surface area contributed by atoms with Gasteiger partial charge in [0.1, 0.15) is 18.8 Å². The van der Waals surface area contributed by atoms with Crippen LogP contribution in [0.2, 0.25) is 0 Å². The molecule has 0 radical (unpaired) electrons. The third-order valence-electron chi connectivity index (χ3n) is 10.6. The maximum atomic E-state index is 2.47. The Balaban J connectivity index is 1.22. The van der Waals surface area contributed by atoms with Crippen LogP contribution in [0.25, 0.3) is 33.7 Å². The Kier molecular flexibility index (Phi) is 7.17. The predicted molar refractivity (Wildman–Crippen MR) is 194 cm³/mol. The molecule has 2 unspecified atom stereocenters. The second-order valence-electron chi connectivity index (χ2n) is 14.3. The number of nitrogens with zero attached hydrogens (tertiary/aromatic N) is 1. The molecule has 0 saturated carbocycles. The van der Waals surface area contributed by atoms with E-state index < -0.39 is 0 Å². The number of nitrogens with one attached hydrogen (secondary N) is 1. The van der Waals surface area contributed by atoms with Crippen molar-refractivity contribution in [2.24, 2.45) is 0 Å². The lowest BCUT2D eigenvalue weighted by atomic mass is 9.78. The minimum atomic E-state index is -0.0915. The molecule has 0 saturated heterocycles. The largest absolute Gasteiger partial charge is 0.298 e. The van der Waals surface area contributed by atoms with Crippen LogP contribution in [0.5, 0.6) is 0 Å². The van der Waals surface area contributed by atoms with Gasteiger partial charge in [0.2, 0.25) is 5.69 Å². The fourth-order valence-electron chi connectivity index (χ4n) is 8.49. The molecule has 2 heteroatoms. The van der Waals surface area contributed by atoms with Gasteiger partial charge in [0.25, 0.3) is 0 Å². The van der Waals surface area contributed by atoms with Gasteiger partial charge < -0.3 is 0 Å². The number of hydrogen-bond acceptors (Lipinski definition) is 0. The van der Waals surface area contributed by atoms with E-state index in [0.717, 1.165) is 12.8 Å². The molecule has 45 heavy (non-hydrogen) atoms. The molecule has 226 valence electrons. The second kappa shape index (κ2) is 11.0. The Morgan fingerprint density at radius 2 is 1.36 bits per heavy atom. The van der Waals surface area contributed by atoms with E-state index in [1.807, 2.05) is 0 Å². The number of quaternary nitrogens is 1. The average Bonchev–Trinajstić information content (AvgIpc) is 3.35. The van der Waals surface area contributed by atoms with Gasteiger partial charge in [-0.25, -0.2) is 0 Å². The molecule has 1 N–H and O–H groups in total. The summed E-state index contributed by atoms with van der Waals surface area (Å²) in [4.78, 5) is 1.47. The van der Waals surface area contributed by atoms with E-state index in [0.29, 0.717) is 6.04 Å². The number of likely N-dealkylation sites (N-methyl/N-ethyl adjacent to an activating group) is 1. The van der Waals surface area contributed by atoms with E-state index in [9.17, 15) is 0 Å². The molecular formula is C43H46N2+2. The summed E-state index contributed by atoms with van der Waals surface area (Å²) in [6, 6.07) is 34.3. The smallest absolute Gasteiger partial charge is 0.210 e. The highest BCUT2D eigenvalue weighted by Crippen LogP contribution is 2.44. The molecule has 0 bridgehead atoms. The minimum Gasteiger partial charge on any atom is -0.298 e. The molecule has 7 rings (SSSR count). The highest BCUT2D eigenvalue weighted by atomic mass is 15.2. The number of hydrogen-bond donors (Lipinski definition) is 1. The third-order valence-corrected chi connectivity index (χ3v) is 10.6. The first kappa shape index (κ1) is 29.4. The number of benzene rings is 5. The van der Waals surface area contributed by atoms with Gasteiger partial charge in [0.05, 0.1) is 17.9 Å². The summed E-state index contributed by atoms with van der Waals surface area (Å²) in [5, 5.41) is 5.38. The summed E-state index contributed by atoms with van der Waals surface area (Å²) >= 11 is 0. The number of fused-ring (bicyclic) bond motifs is 6. The maximum Gasteiger partial charge on any atom is 0.210 e. The molecule has 5 aromatic carbocycles. The van der Waals surface area contributed by atoms with Crippen LogP contribution in [0.15, 0.2) is 103 Å². The van der Waals surface area contributed by atoms with Gasteiger partial charge >= 0.3 is 0 Å². The van der Waals surface area contributed by atoms with Crippen molar-refractivity contribution in [2.75, 3.05) is 14.1 Å². The van der Waals surface area contributed by atoms with E-state index in [1.54, 1.807) is 0 Å². The monoisotopic (exact) mass is 590 g/mol. The summed E-state index contributed by atoms with van der Waals surface area (Å²) in [5.41, 5.74) is 10.8. The molecule has 0 aliphatic carbocycles. The minimum absolute atomic E-state index is 0.0228. The number of rotatable bonds is 6. The fourth-order valence-corrected chi connectivity index (χ4v) is 8.49. The molecule has 0 spiro atoms. The van der Waals surface area contributed by atoms with Crippen molar-refractivity contribution >= 4 is 50.8 Å². The van der Waals surface area contributed by atoms with Crippen LogP contribution in [0.1, 0.15) is 68.9 Å². The molecule has 0 amide bonds. The zero-order chi connectivity index (χ0) is 31.5. The SMILES string of the molecule is CCCc1cc(/C=C/C2=[N+](C)c3ccc4ccccc4c3C2(C)C)cc(/C=C/C2[NH+](C)c3ccc4ccccc4c3C2(C)C)c1. The Morgan fingerprint density at radius 1 is 0.733 bits per heavy atom. The van der Waals surface area contributed by atoms with Gasteiger partial charge in [-0.15, -0.1) is 0 Å². The molecule has 0 aromatic heterocycles. The van der Waals surface area contributed by atoms with Crippen LogP contribution < -0.4 is 4.90 Å². The topological polar surface area (TPSA) is 7.45 Å².